The molecule has 0 aromatic rings. The van der Waals surface area contributed by atoms with Gasteiger partial charge >= 0.3 is 0 Å². The van der Waals surface area contributed by atoms with E-state index in [1.54, 1.807) is 13.8 Å². The molecule has 1 unspecified atom stereocenters. The van der Waals surface area contributed by atoms with Gasteiger partial charge in [0.15, 0.2) is 0 Å². The van der Waals surface area contributed by atoms with E-state index in [0.29, 0.717) is 0 Å². The summed E-state index contributed by atoms with van der Waals surface area (Å²) in [5.74, 6) is 0.0235. The van der Waals surface area contributed by atoms with Crippen molar-refractivity contribution >= 4 is 12.1 Å². The summed E-state index contributed by atoms with van der Waals surface area (Å²) in [7, 11) is 1.98. The molecule has 0 aromatic heterocycles. The SMILES string of the molecule is CC(/C=N\O)=C(/C)NC(=O)C1CCCCN1C. The lowest BCUT2D eigenvalue weighted by Gasteiger charge is -2.31. The number of allylic oxidation sites excluding steroid dienone is 2. The highest BCUT2D eigenvalue weighted by Gasteiger charge is 2.25. The number of rotatable bonds is 3. The first-order valence-corrected chi connectivity index (χ1v) is 5.92. The second-order valence-electron chi connectivity index (χ2n) is 4.53. The Morgan fingerprint density at radius 2 is 2.18 bits per heavy atom. The van der Waals surface area contributed by atoms with E-state index in [-0.39, 0.29) is 11.9 Å². The second kappa shape index (κ2) is 6.39. The molecule has 1 saturated heterocycles. The fourth-order valence-corrected chi connectivity index (χ4v) is 1.96. The van der Waals surface area contributed by atoms with Crippen LogP contribution < -0.4 is 5.32 Å². The van der Waals surface area contributed by atoms with Crippen LogP contribution in [0.15, 0.2) is 16.4 Å². The molecule has 1 aliphatic rings. The third-order valence-corrected chi connectivity index (χ3v) is 3.23. The van der Waals surface area contributed by atoms with Gasteiger partial charge in [-0.15, -0.1) is 0 Å². The quantitative estimate of drug-likeness (QED) is 0.444. The van der Waals surface area contributed by atoms with Crippen LogP contribution in [0.4, 0.5) is 0 Å². The number of likely N-dealkylation sites (tertiary alicyclic amines) is 1. The summed E-state index contributed by atoms with van der Waals surface area (Å²) in [6.07, 6.45) is 4.48. The van der Waals surface area contributed by atoms with Gasteiger partial charge in [-0.05, 0) is 45.9 Å². The van der Waals surface area contributed by atoms with E-state index in [2.05, 4.69) is 15.4 Å². The Bertz CT molecular complexity index is 337. The zero-order chi connectivity index (χ0) is 12.8. The van der Waals surface area contributed by atoms with E-state index >= 15 is 0 Å². The van der Waals surface area contributed by atoms with Gasteiger partial charge in [-0.3, -0.25) is 9.69 Å². The molecule has 0 spiro atoms. The topological polar surface area (TPSA) is 64.9 Å². The lowest BCUT2D eigenvalue weighted by Crippen LogP contribution is -2.47. The zero-order valence-electron chi connectivity index (χ0n) is 10.7. The van der Waals surface area contributed by atoms with Gasteiger partial charge in [0.1, 0.15) is 0 Å². The Morgan fingerprint density at radius 3 is 2.76 bits per heavy atom. The van der Waals surface area contributed by atoms with Crippen molar-refractivity contribution in [2.75, 3.05) is 13.6 Å². The number of piperidine rings is 1. The van der Waals surface area contributed by atoms with E-state index in [1.165, 1.54) is 6.21 Å². The van der Waals surface area contributed by atoms with E-state index in [1.807, 2.05) is 7.05 Å². The number of carbonyl (C=O) groups excluding carboxylic acids is 1. The van der Waals surface area contributed by atoms with Crippen LogP contribution in [-0.2, 0) is 4.79 Å². The predicted octanol–water partition coefficient (Wildman–Crippen LogP) is 1.34. The molecule has 1 rings (SSSR count). The number of nitrogens with one attached hydrogen (secondary N) is 1. The van der Waals surface area contributed by atoms with Crippen molar-refractivity contribution in [2.45, 2.75) is 39.2 Å². The second-order valence-corrected chi connectivity index (χ2v) is 4.53. The summed E-state index contributed by atoms with van der Waals surface area (Å²) in [6.45, 7) is 4.57. The fourth-order valence-electron chi connectivity index (χ4n) is 1.96. The van der Waals surface area contributed by atoms with Crippen LogP contribution in [0.25, 0.3) is 0 Å². The maximum atomic E-state index is 12.0. The molecule has 96 valence electrons. The highest BCUT2D eigenvalue weighted by atomic mass is 16.4. The Balaban J connectivity index is 2.62. The number of hydrogen-bond donors (Lipinski definition) is 2. The standard InChI is InChI=1S/C12H21N3O2/c1-9(8-13-17)10(2)14-12(16)11-6-4-5-7-15(11)3/h8,11,17H,4-7H2,1-3H3,(H,14,16)/b10-9+,13-8-. The molecule has 0 aromatic carbocycles. The van der Waals surface area contributed by atoms with Gasteiger partial charge in [0.05, 0.1) is 12.3 Å². The first-order valence-electron chi connectivity index (χ1n) is 5.92. The zero-order valence-corrected chi connectivity index (χ0v) is 10.7. The Kier molecular flexibility index (Phi) is 5.15. The summed E-state index contributed by atoms with van der Waals surface area (Å²) < 4.78 is 0. The number of hydrogen-bond acceptors (Lipinski definition) is 4. The van der Waals surface area contributed by atoms with E-state index < -0.39 is 0 Å². The summed E-state index contributed by atoms with van der Waals surface area (Å²) in [5, 5.41) is 14.2. The van der Waals surface area contributed by atoms with Gasteiger partial charge < -0.3 is 10.5 Å². The largest absolute Gasteiger partial charge is 0.411 e. The summed E-state index contributed by atoms with van der Waals surface area (Å²) >= 11 is 0. The number of nitrogens with zero attached hydrogens (tertiary/aromatic N) is 2. The molecule has 0 bridgehead atoms. The molecule has 17 heavy (non-hydrogen) atoms. The van der Waals surface area contributed by atoms with Gasteiger partial charge in [-0.2, -0.15) is 0 Å². The lowest BCUT2D eigenvalue weighted by molar-refractivity contribution is -0.126. The Morgan fingerprint density at radius 1 is 1.47 bits per heavy atom. The number of amides is 1. The maximum absolute atomic E-state index is 12.0. The summed E-state index contributed by atoms with van der Waals surface area (Å²) in [6, 6.07) is -0.0439. The van der Waals surface area contributed by atoms with Gasteiger partial charge in [-0.1, -0.05) is 11.6 Å². The normalized spacial score (nSPS) is 23.6. The molecule has 0 aliphatic carbocycles. The van der Waals surface area contributed by atoms with Gasteiger partial charge in [0.25, 0.3) is 0 Å². The molecule has 2 N–H and O–H groups in total. The average Bonchev–Trinajstić information content (AvgIpc) is 2.29. The molecule has 1 amide bonds. The highest BCUT2D eigenvalue weighted by Crippen LogP contribution is 2.15. The Labute approximate surface area is 102 Å². The van der Waals surface area contributed by atoms with E-state index in [0.717, 1.165) is 37.1 Å². The van der Waals surface area contributed by atoms with Crippen LogP contribution in [-0.4, -0.2) is 41.9 Å². The van der Waals surface area contributed by atoms with Crippen LogP contribution in [0.1, 0.15) is 33.1 Å². The molecule has 1 atom stereocenters. The molecule has 0 radical (unpaired) electrons. The van der Waals surface area contributed by atoms with Crippen molar-refractivity contribution in [1.82, 2.24) is 10.2 Å². The minimum absolute atomic E-state index is 0.0235. The van der Waals surface area contributed by atoms with E-state index in [9.17, 15) is 4.79 Å². The smallest absolute Gasteiger partial charge is 0.241 e. The van der Waals surface area contributed by atoms with Crippen LogP contribution in [0.2, 0.25) is 0 Å². The van der Waals surface area contributed by atoms with Gasteiger partial charge in [0.2, 0.25) is 5.91 Å². The molecule has 5 heteroatoms. The minimum Gasteiger partial charge on any atom is -0.411 e. The monoisotopic (exact) mass is 239 g/mol. The average molecular weight is 239 g/mol. The molecular formula is C12H21N3O2. The number of carbonyl (C=O) groups is 1. The third kappa shape index (κ3) is 3.85. The molecule has 1 aliphatic heterocycles. The Hall–Kier alpha value is -1.36. The highest BCUT2D eigenvalue weighted by molar-refractivity contribution is 5.85. The predicted molar refractivity (Wildman–Crippen MR) is 67.1 cm³/mol. The number of likely N-dealkylation sites (N-methyl/N-ethyl adjacent to an activating group) is 1. The fraction of sp³-hybridized carbons (Fsp3) is 0.667. The first-order chi connectivity index (χ1) is 8.06. The van der Waals surface area contributed by atoms with Crippen molar-refractivity contribution < 1.29 is 10.0 Å². The maximum Gasteiger partial charge on any atom is 0.241 e. The summed E-state index contributed by atoms with van der Waals surface area (Å²) in [5.41, 5.74) is 1.48. The lowest BCUT2D eigenvalue weighted by atomic mass is 10.0. The van der Waals surface area contributed by atoms with Crippen LogP contribution in [0.5, 0.6) is 0 Å². The van der Waals surface area contributed by atoms with Gasteiger partial charge in [0, 0.05) is 5.70 Å². The third-order valence-electron chi connectivity index (χ3n) is 3.23. The van der Waals surface area contributed by atoms with Crippen LogP contribution in [0.3, 0.4) is 0 Å². The van der Waals surface area contributed by atoms with Crippen molar-refractivity contribution in [2.24, 2.45) is 5.16 Å². The number of oxime groups is 1. The van der Waals surface area contributed by atoms with Crippen molar-refractivity contribution in [3.63, 3.8) is 0 Å². The van der Waals surface area contributed by atoms with Crippen molar-refractivity contribution in [3.8, 4) is 0 Å². The van der Waals surface area contributed by atoms with E-state index in [4.69, 9.17) is 5.21 Å². The van der Waals surface area contributed by atoms with Gasteiger partial charge in [-0.25, -0.2) is 0 Å². The molecule has 1 heterocycles. The molecule has 0 saturated carbocycles. The molecule has 1 fully saturated rings. The molecular weight excluding hydrogens is 218 g/mol. The van der Waals surface area contributed by atoms with Crippen molar-refractivity contribution in [3.05, 3.63) is 11.3 Å². The van der Waals surface area contributed by atoms with Crippen LogP contribution in [0, 0.1) is 0 Å². The summed E-state index contributed by atoms with van der Waals surface area (Å²) in [4.78, 5) is 14.1. The minimum atomic E-state index is -0.0439. The van der Waals surface area contributed by atoms with Crippen molar-refractivity contribution in [1.29, 1.82) is 0 Å². The first kappa shape index (κ1) is 13.7. The van der Waals surface area contributed by atoms with Crippen LogP contribution >= 0.6 is 0 Å². The molecule has 5 nitrogen and oxygen atoms in total.